The highest BCUT2D eigenvalue weighted by Crippen LogP contribution is 2.30. The Morgan fingerprint density at radius 2 is 1.88 bits per heavy atom. The molecule has 1 aliphatic rings. The van der Waals surface area contributed by atoms with Crippen molar-refractivity contribution in [1.82, 2.24) is 10.2 Å². The molecular weight excluding hydrogens is 450 g/mol. The highest BCUT2D eigenvalue weighted by molar-refractivity contribution is 7.92. The lowest BCUT2D eigenvalue weighted by molar-refractivity contribution is -0.125. The molecule has 32 heavy (non-hydrogen) atoms. The number of sulfonamides is 1. The van der Waals surface area contributed by atoms with E-state index in [0.29, 0.717) is 36.6 Å². The number of para-hydroxylation sites is 1. The highest BCUT2D eigenvalue weighted by Gasteiger charge is 2.29. The maximum Gasteiger partial charge on any atom is 0.264 e. The lowest BCUT2D eigenvalue weighted by Crippen LogP contribution is -2.42. The Kier molecular flexibility index (Phi) is 7.58. The quantitative estimate of drug-likeness (QED) is 0.622. The van der Waals surface area contributed by atoms with Gasteiger partial charge in [0.1, 0.15) is 0 Å². The van der Waals surface area contributed by atoms with Crippen LogP contribution in [0.3, 0.4) is 0 Å². The fraction of sp³-hybridized carbons (Fsp3) is 0.304. The third kappa shape index (κ3) is 4.97. The van der Waals surface area contributed by atoms with Crippen LogP contribution in [0.25, 0.3) is 0 Å². The first kappa shape index (κ1) is 23.8. The second-order valence-electron chi connectivity index (χ2n) is 7.48. The van der Waals surface area contributed by atoms with Gasteiger partial charge in [-0.25, -0.2) is 8.42 Å². The molecule has 0 saturated carbocycles. The van der Waals surface area contributed by atoms with Gasteiger partial charge in [0.25, 0.3) is 15.9 Å². The summed E-state index contributed by atoms with van der Waals surface area (Å²) in [5.41, 5.74) is 0.615. The molecule has 0 aliphatic carbocycles. The Hall–Kier alpha value is -2.84. The minimum absolute atomic E-state index is 0.00892. The fourth-order valence-corrected chi connectivity index (χ4v) is 5.53. The van der Waals surface area contributed by atoms with Gasteiger partial charge >= 0.3 is 0 Å². The maximum absolute atomic E-state index is 13.4. The van der Waals surface area contributed by atoms with Gasteiger partial charge in [0, 0.05) is 31.6 Å². The number of carbonyl (C=O) groups is 2. The van der Waals surface area contributed by atoms with Gasteiger partial charge in [-0.3, -0.25) is 13.9 Å². The summed E-state index contributed by atoms with van der Waals surface area (Å²) in [7, 11) is -2.39. The van der Waals surface area contributed by atoms with Crippen molar-refractivity contribution in [3.63, 3.8) is 0 Å². The number of nitrogens with one attached hydrogen (secondary N) is 1. The maximum atomic E-state index is 13.4. The number of likely N-dealkylation sites (tertiary alicyclic amines) is 1. The van der Waals surface area contributed by atoms with Crippen molar-refractivity contribution in [3.8, 4) is 0 Å². The molecule has 2 amide bonds. The first-order chi connectivity index (χ1) is 15.3. The summed E-state index contributed by atoms with van der Waals surface area (Å²) < 4.78 is 28.0. The number of nitrogens with zero attached hydrogens (tertiary/aromatic N) is 2. The molecule has 170 valence electrons. The van der Waals surface area contributed by atoms with Gasteiger partial charge in [-0.1, -0.05) is 35.9 Å². The van der Waals surface area contributed by atoms with Crippen LogP contribution in [0, 0.1) is 5.92 Å². The zero-order valence-corrected chi connectivity index (χ0v) is 19.4. The summed E-state index contributed by atoms with van der Waals surface area (Å²) in [5.74, 6) is -0.392. The van der Waals surface area contributed by atoms with Crippen molar-refractivity contribution in [2.45, 2.75) is 17.7 Å². The van der Waals surface area contributed by atoms with Gasteiger partial charge in [-0.05, 0) is 43.2 Å². The van der Waals surface area contributed by atoms with Crippen molar-refractivity contribution < 1.29 is 18.0 Å². The number of amides is 2. The number of anilines is 1. The van der Waals surface area contributed by atoms with Crippen LogP contribution in [0.2, 0.25) is 5.02 Å². The minimum atomic E-state index is -3.99. The fourth-order valence-electron chi connectivity index (χ4n) is 3.75. The molecule has 0 spiro atoms. The molecule has 1 N–H and O–H groups in total. The van der Waals surface area contributed by atoms with Crippen LogP contribution < -0.4 is 9.62 Å². The zero-order chi connectivity index (χ0) is 23.3. The SMILES string of the molecule is C=CCN(c1ccccc1Cl)S(=O)(=O)c1cccc(C(=O)N2CCC(C(=O)NC)CC2)c1. The van der Waals surface area contributed by atoms with E-state index in [9.17, 15) is 18.0 Å². The van der Waals surface area contributed by atoms with Crippen LogP contribution in [-0.2, 0) is 14.8 Å². The predicted octanol–water partition coefficient (Wildman–Crippen LogP) is 3.32. The molecule has 2 aromatic rings. The molecule has 0 atom stereocenters. The summed E-state index contributed by atoms with van der Waals surface area (Å²) in [5, 5.41) is 2.94. The molecule has 3 rings (SSSR count). The molecule has 2 aromatic carbocycles. The molecule has 0 unspecified atom stereocenters. The monoisotopic (exact) mass is 475 g/mol. The summed E-state index contributed by atoms with van der Waals surface area (Å²) >= 11 is 6.25. The Morgan fingerprint density at radius 1 is 1.19 bits per heavy atom. The van der Waals surface area contributed by atoms with E-state index in [-0.39, 0.29) is 34.7 Å². The summed E-state index contributed by atoms with van der Waals surface area (Å²) in [6.07, 6.45) is 2.62. The molecule has 1 saturated heterocycles. The van der Waals surface area contributed by atoms with Crippen molar-refractivity contribution in [2.24, 2.45) is 5.92 Å². The van der Waals surface area contributed by atoms with Gasteiger partial charge in [0.15, 0.2) is 0 Å². The van der Waals surface area contributed by atoms with E-state index in [0.717, 1.165) is 0 Å². The standard InChI is InChI=1S/C23H26ClN3O4S/c1-3-13-27(21-10-5-4-9-20(21)24)32(30,31)19-8-6-7-18(16-19)23(29)26-14-11-17(12-15-26)22(28)25-2/h3-10,16-17H,1,11-15H2,2H3,(H,25,28). The first-order valence-electron chi connectivity index (χ1n) is 10.3. The van der Waals surface area contributed by atoms with Gasteiger partial charge in [-0.15, -0.1) is 6.58 Å². The Labute approximate surface area is 193 Å². The van der Waals surface area contributed by atoms with E-state index in [2.05, 4.69) is 11.9 Å². The largest absolute Gasteiger partial charge is 0.359 e. The number of benzene rings is 2. The normalized spacial score (nSPS) is 14.6. The van der Waals surface area contributed by atoms with Crippen LogP contribution in [0.4, 0.5) is 5.69 Å². The molecular formula is C23H26ClN3O4S. The molecule has 1 fully saturated rings. The molecule has 1 heterocycles. The van der Waals surface area contributed by atoms with E-state index >= 15 is 0 Å². The van der Waals surface area contributed by atoms with E-state index in [4.69, 9.17) is 11.6 Å². The van der Waals surface area contributed by atoms with Crippen LogP contribution in [0.1, 0.15) is 23.2 Å². The Balaban J connectivity index is 1.86. The topological polar surface area (TPSA) is 86.8 Å². The highest BCUT2D eigenvalue weighted by atomic mass is 35.5. The first-order valence-corrected chi connectivity index (χ1v) is 12.1. The Bertz CT molecular complexity index is 1110. The third-order valence-corrected chi connectivity index (χ3v) is 7.58. The van der Waals surface area contributed by atoms with Gasteiger partial charge < -0.3 is 10.2 Å². The zero-order valence-electron chi connectivity index (χ0n) is 17.8. The van der Waals surface area contributed by atoms with E-state index < -0.39 is 10.0 Å². The summed E-state index contributed by atoms with van der Waals surface area (Å²) in [6.45, 7) is 4.56. The van der Waals surface area contributed by atoms with E-state index in [1.807, 2.05) is 0 Å². The molecule has 0 radical (unpaired) electrons. The van der Waals surface area contributed by atoms with E-state index in [1.165, 1.54) is 22.5 Å². The van der Waals surface area contributed by atoms with Gasteiger partial charge in [-0.2, -0.15) is 0 Å². The van der Waals surface area contributed by atoms with Crippen LogP contribution in [-0.4, -0.2) is 51.8 Å². The van der Waals surface area contributed by atoms with E-state index in [1.54, 1.807) is 48.3 Å². The average molecular weight is 476 g/mol. The second kappa shape index (κ2) is 10.2. The Morgan fingerprint density at radius 3 is 2.50 bits per heavy atom. The van der Waals surface area contributed by atoms with Gasteiger partial charge in [0.05, 0.1) is 22.2 Å². The number of carbonyl (C=O) groups excluding carboxylic acids is 2. The molecule has 1 aliphatic heterocycles. The summed E-state index contributed by atoms with van der Waals surface area (Å²) in [6, 6.07) is 12.6. The predicted molar refractivity (Wildman–Crippen MR) is 125 cm³/mol. The summed E-state index contributed by atoms with van der Waals surface area (Å²) in [4.78, 5) is 26.5. The molecule has 7 nitrogen and oxygen atoms in total. The van der Waals surface area contributed by atoms with Crippen molar-refractivity contribution in [3.05, 3.63) is 71.8 Å². The lowest BCUT2D eigenvalue weighted by atomic mass is 9.95. The van der Waals surface area contributed by atoms with Crippen molar-refractivity contribution >= 4 is 39.1 Å². The number of rotatable bonds is 7. The van der Waals surface area contributed by atoms with Crippen molar-refractivity contribution in [2.75, 3.05) is 31.0 Å². The molecule has 0 aromatic heterocycles. The second-order valence-corrected chi connectivity index (χ2v) is 9.75. The van der Waals surface area contributed by atoms with Crippen LogP contribution in [0.15, 0.2) is 66.1 Å². The average Bonchev–Trinajstić information content (AvgIpc) is 2.82. The third-order valence-electron chi connectivity index (χ3n) is 5.48. The van der Waals surface area contributed by atoms with Gasteiger partial charge in [0.2, 0.25) is 5.91 Å². The smallest absolute Gasteiger partial charge is 0.264 e. The minimum Gasteiger partial charge on any atom is -0.359 e. The molecule has 9 heteroatoms. The van der Waals surface area contributed by atoms with Crippen LogP contribution in [0.5, 0.6) is 0 Å². The number of piperidine rings is 1. The number of hydrogen-bond acceptors (Lipinski definition) is 4. The van der Waals surface area contributed by atoms with Crippen LogP contribution >= 0.6 is 11.6 Å². The molecule has 0 bridgehead atoms. The van der Waals surface area contributed by atoms with Crippen molar-refractivity contribution in [1.29, 1.82) is 0 Å². The number of hydrogen-bond donors (Lipinski definition) is 1. The number of halogens is 1. The lowest BCUT2D eigenvalue weighted by Gasteiger charge is -2.31.